The van der Waals surface area contributed by atoms with Gasteiger partial charge in [-0.3, -0.25) is 9.69 Å². The highest BCUT2D eigenvalue weighted by Crippen LogP contribution is 2.15. The molecule has 0 radical (unpaired) electrons. The van der Waals surface area contributed by atoms with Crippen LogP contribution in [0.3, 0.4) is 0 Å². The van der Waals surface area contributed by atoms with Gasteiger partial charge in [-0.2, -0.15) is 0 Å². The summed E-state index contributed by atoms with van der Waals surface area (Å²) in [5.41, 5.74) is 0.995. The van der Waals surface area contributed by atoms with Crippen molar-refractivity contribution in [2.45, 2.75) is 19.1 Å². The summed E-state index contributed by atoms with van der Waals surface area (Å²) in [6, 6.07) is 7.28. The van der Waals surface area contributed by atoms with Gasteiger partial charge < -0.3 is 15.2 Å². The van der Waals surface area contributed by atoms with Crippen LogP contribution in [-0.2, 0) is 9.53 Å². The normalized spacial score (nSPS) is 14.0. The number of nitrogens with zero attached hydrogens (tertiary/aromatic N) is 1. The van der Waals surface area contributed by atoms with Crippen LogP contribution in [-0.4, -0.2) is 55.9 Å². The number of likely N-dealkylation sites (N-methyl/N-ethyl adjacent to an activating group) is 1. The molecule has 0 aliphatic heterocycles. The van der Waals surface area contributed by atoms with E-state index in [4.69, 9.17) is 16.3 Å². The summed E-state index contributed by atoms with van der Waals surface area (Å²) in [7, 11) is 3.31. The lowest BCUT2D eigenvalue weighted by molar-refractivity contribution is -0.122. The Hall–Kier alpha value is -1.14. The smallest absolute Gasteiger partial charge is 0.234 e. The van der Waals surface area contributed by atoms with Crippen LogP contribution in [0.25, 0.3) is 0 Å². The molecule has 0 bridgehead atoms. The largest absolute Gasteiger partial charge is 0.389 e. The van der Waals surface area contributed by atoms with Crippen molar-refractivity contribution in [2.75, 3.05) is 33.9 Å². The van der Waals surface area contributed by atoms with E-state index in [0.717, 1.165) is 5.56 Å². The van der Waals surface area contributed by atoms with Crippen LogP contribution in [0.15, 0.2) is 24.3 Å². The summed E-state index contributed by atoms with van der Waals surface area (Å²) in [6.45, 7) is 2.78. The number of rotatable bonds is 8. The standard InChI is InChI=1S/C15H23ClN2O3/c1-11(12-4-6-13(16)7-5-12)17-15(20)9-18(2)8-14(19)10-21-3/h4-7,11,14,19H,8-10H2,1-3H3,(H,17,20). The second kappa shape index (κ2) is 9.00. The number of amides is 1. The highest BCUT2D eigenvalue weighted by atomic mass is 35.5. The Labute approximate surface area is 130 Å². The SMILES string of the molecule is COCC(O)CN(C)CC(=O)NC(C)c1ccc(Cl)cc1. The van der Waals surface area contributed by atoms with Crippen molar-refractivity contribution in [1.82, 2.24) is 10.2 Å². The van der Waals surface area contributed by atoms with Gasteiger partial charge in [-0.05, 0) is 31.7 Å². The van der Waals surface area contributed by atoms with Crippen LogP contribution in [0, 0.1) is 0 Å². The van der Waals surface area contributed by atoms with Crippen LogP contribution in [0.5, 0.6) is 0 Å². The number of aliphatic hydroxyl groups excluding tert-OH is 1. The highest BCUT2D eigenvalue weighted by Gasteiger charge is 2.14. The van der Waals surface area contributed by atoms with Crippen molar-refractivity contribution in [3.8, 4) is 0 Å². The van der Waals surface area contributed by atoms with Crippen LogP contribution < -0.4 is 5.32 Å². The van der Waals surface area contributed by atoms with E-state index < -0.39 is 6.10 Å². The molecule has 5 nitrogen and oxygen atoms in total. The quantitative estimate of drug-likeness (QED) is 0.762. The molecule has 6 heteroatoms. The molecule has 1 aromatic rings. The van der Waals surface area contributed by atoms with Gasteiger partial charge in [0.1, 0.15) is 0 Å². The fourth-order valence-electron chi connectivity index (χ4n) is 2.04. The fraction of sp³-hybridized carbons (Fsp3) is 0.533. The molecular weight excluding hydrogens is 292 g/mol. The van der Waals surface area contributed by atoms with Gasteiger partial charge >= 0.3 is 0 Å². The van der Waals surface area contributed by atoms with Gasteiger partial charge in [0.05, 0.1) is 25.3 Å². The molecular formula is C15H23ClN2O3. The molecule has 0 spiro atoms. The third-order valence-corrected chi connectivity index (χ3v) is 3.29. The molecule has 0 aliphatic carbocycles. The summed E-state index contributed by atoms with van der Waals surface area (Å²) < 4.78 is 4.85. The Balaban J connectivity index is 2.40. The van der Waals surface area contributed by atoms with Crippen molar-refractivity contribution in [3.05, 3.63) is 34.9 Å². The third kappa shape index (κ3) is 6.91. The average Bonchev–Trinajstić information content (AvgIpc) is 2.38. The minimum absolute atomic E-state index is 0.0907. The molecule has 0 saturated heterocycles. The van der Waals surface area contributed by atoms with Crippen molar-refractivity contribution in [2.24, 2.45) is 0 Å². The predicted molar refractivity (Wildman–Crippen MR) is 83.4 cm³/mol. The molecule has 1 amide bonds. The van der Waals surface area contributed by atoms with Crippen molar-refractivity contribution >= 4 is 17.5 Å². The Morgan fingerprint density at radius 2 is 2.05 bits per heavy atom. The third-order valence-electron chi connectivity index (χ3n) is 3.04. The fourth-order valence-corrected chi connectivity index (χ4v) is 2.16. The molecule has 1 aromatic carbocycles. The first kappa shape index (κ1) is 17.9. The molecule has 0 fully saturated rings. The second-order valence-corrected chi connectivity index (χ2v) is 5.58. The number of hydrogen-bond acceptors (Lipinski definition) is 4. The minimum atomic E-state index is -0.596. The topological polar surface area (TPSA) is 61.8 Å². The molecule has 0 heterocycles. The van der Waals surface area contributed by atoms with E-state index in [1.807, 2.05) is 19.1 Å². The summed E-state index contributed by atoms with van der Waals surface area (Å²) in [6.07, 6.45) is -0.596. The number of halogens is 1. The first-order valence-electron chi connectivity index (χ1n) is 6.82. The number of hydrogen-bond donors (Lipinski definition) is 2. The van der Waals surface area contributed by atoms with Crippen molar-refractivity contribution < 1.29 is 14.6 Å². The van der Waals surface area contributed by atoms with E-state index in [0.29, 0.717) is 11.6 Å². The van der Waals surface area contributed by atoms with Gasteiger partial charge in [-0.25, -0.2) is 0 Å². The van der Waals surface area contributed by atoms with Gasteiger partial charge in [-0.1, -0.05) is 23.7 Å². The van der Waals surface area contributed by atoms with E-state index in [9.17, 15) is 9.90 Å². The van der Waals surface area contributed by atoms with E-state index in [1.165, 1.54) is 7.11 Å². The Kier molecular flexibility index (Phi) is 7.67. The number of ether oxygens (including phenoxy) is 1. The van der Waals surface area contributed by atoms with Gasteiger partial charge in [0.25, 0.3) is 0 Å². The summed E-state index contributed by atoms with van der Waals surface area (Å²) in [5, 5.41) is 13.2. The Morgan fingerprint density at radius 1 is 1.43 bits per heavy atom. The maximum Gasteiger partial charge on any atom is 0.234 e. The summed E-state index contributed by atoms with van der Waals surface area (Å²) >= 11 is 5.84. The van der Waals surface area contributed by atoms with Crippen molar-refractivity contribution in [3.63, 3.8) is 0 Å². The van der Waals surface area contributed by atoms with Crippen molar-refractivity contribution in [1.29, 1.82) is 0 Å². The van der Waals surface area contributed by atoms with Gasteiger partial charge in [-0.15, -0.1) is 0 Å². The number of nitrogens with one attached hydrogen (secondary N) is 1. The first-order valence-corrected chi connectivity index (χ1v) is 7.20. The molecule has 1 rings (SSSR count). The number of methoxy groups -OCH3 is 1. The molecule has 2 atom stereocenters. The van der Waals surface area contributed by atoms with Crippen LogP contribution in [0.4, 0.5) is 0 Å². The lowest BCUT2D eigenvalue weighted by Gasteiger charge is -2.21. The molecule has 0 aliphatic rings. The number of benzene rings is 1. The number of carbonyl (C=O) groups excluding carboxylic acids is 1. The molecule has 2 unspecified atom stereocenters. The summed E-state index contributed by atoms with van der Waals surface area (Å²) in [5.74, 6) is -0.0930. The van der Waals surface area contributed by atoms with E-state index in [-0.39, 0.29) is 25.1 Å². The molecule has 2 N–H and O–H groups in total. The molecule has 118 valence electrons. The number of aliphatic hydroxyl groups is 1. The molecule has 21 heavy (non-hydrogen) atoms. The Morgan fingerprint density at radius 3 is 2.62 bits per heavy atom. The molecule has 0 aromatic heterocycles. The first-order chi connectivity index (χ1) is 9.92. The zero-order valence-electron chi connectivity index (χ0n) is 12.7. The van der Waals surface area contributed by atoms with Gasteiger partial charge in [0.2, 0.25) is 5.91 Å². The Bertz CT molecular complexity index is 439. The lowest BCUT2D eigenvalue weighted by Crippen LogP contribution is -2.40. The van der Waals surface area contributed by atoms with E-state index >= 15 is 0 Å². The predicted octanol–water partition coefficient (Wildman–Crippen LogP) is 1.46. The highest BCUT2D eigenvalue weighted by molar-refractivity contribution is 6.30. The minimum Gasteiger partial charge on any atom is -0.389 e. The van der Waals surface area contributed by atoms with Crippen LogP contribution >= 0.6 is 11.6 Å². The average molecular weight is 315 g/mol. The zero-order valence-corrected chi connectivity index (χ0v) is 13.4. The van der Waals surface area contributed by atoms with Gasteiger partial charge in [0, 0.05) is 18.7 Å². The van der Waals surface area contributed by atoms with E-state index in [2.05, 4.69) is 5.32 Å². The van der Waals surface area contributed by atoms with Crippen LogP contribution in [0.2, 0.25) is 5.02 Å². The second-order valence-electron chi connectivity index (χ2n) is 5.15. The van der Waals surface area contributed by atoms with E-state index in [1.54, 1.807) is 24.1 Å². The van der Waals surface area contributed by atoms with Gasteiger partial charge in [0.15, 0.2) is 0 Å². The van der Waals surface area contributed by atoms with Crippen LogP contribution in [0.1, 0.15) is 18.5 Å². The maximum atomic E-state index is 12.0. The number of carbonyl (C=O) groups is 1. The molecule has 0 saturated carbocycles. The summed E-state index contributed by atoms with van der Waals surface area (Å²) in [4.78, 5) is 13.7. The lowest BCUT2D eigenvalue weighted by atomic mass is 10.1. The monoisotopic (exact) mass is 314 g/mol. The zero-order chi connectivity index (χ0) is 15.8. The maximum absolute atomic E-state index is 12.0.